The van der Waals surface area contributed by atoms with Gasteiger partial charge >= 0.3 is 0 Å². The molecule has 0 aliphatic carbocycles. The zero-order valence-corrected chi connectivity index (χ0v) is 16.9. The topological polar surface area (TPSA) is 67.8 Å². The third-order valence-corrected chi connectivity index (χ3v) is 6.27. The predicted molar refractivity (Wildman–Crippen MR) is 108 cm³/mol. The number of hydrogen-bond donors (Lipinski definition) is 1. The standard InChI is InChI=1S/C18H19ClN4OS2/c1-3-11(4-2)16-22-23-18(26-16)21-15(24)9-12-10-25-17(20-12)13-7-5-6-8-14(13)19/h5-8,10-11H,3-4,9H2,1-2H3,(H,21,23,24). The van der Waals surface area contributed by atoms with Crippen LogP contribution in [0, 0.1) is 0 Å². The predicted octanol–water partition coefficient (Wildman–Crippen LogP) is 5.40. The van der Waals surface area contributed by atoms with Crippen LogP contribution in [-0.2, 0) is 11.2 Å². The van der Waals surface area contributed by atoms with Crippen LogP contribution in [0.25, 0.3) is 10.6 Å². The van der Waals surface area contributed by atoms with Crippen LogP contribution < -0.4 is 5.32 Å². The Kier molecular flexibility index (Phi) is 6.34. The minimum Gasteiger partial charge on any atom is -0.300 e. The van der Waals surface area contributed by atoms with E-state index in [4.69, 9.17) is 11.6 Å². The molecule has 1 amide bonds. The van der Waals surface area contributed by atoms with E-state index in [0.717, 1.165) is 28.4 Å². The maximum Gasteiger partial charge on any atom is 0.232 e. The summed E-state index contributed by atoms with van der Waals surface area (Å²) in [5.41, 5.74) is 1.59. The van der Waals surface area contributed by atoms with Gasteiger partial charge in [0.2, 0.25) is 11.0 Å². The van der Waals surface area contributed by atoms with E-state index in [2.05, 4.69) is 34.3 Å². The van der Waals surface area contributed by atoms with Gasteiger partial charge in [-0.1, -0.05) is 55.0 Å². The van der Waals surface area contributed by atoms with E-state index in [1.54, 1.807) is 0 Å². The first-order valence-electron chi connectivity index (χ1n) is 8.43. The number of rotatable bonds is 7. The fraction of sp³-hybridized carbons (Fsp3) is 0.333. The van der Waals surface area contributed by atoms with E-state index in [-0.39, 0.29) is 12.3 Å². The molecule has 3 aromatic rings. The lowest BCUT2D eigenvalue weighted by atomic mass is 10.1. The van der Waals surface area contributed by atoms with E-state index in [0.29, 0.717) is 21.8 Å². The quantitative estimate of drug-likeness (QED) is 0.570. The number of aromatic nitrogens is 3. The largest absolute Gasteiger partial charge is 0.300 e. The highest BCUT2D eigenvalue weighted by molar-refractivity contribution is 7.15. The molecule has 136 valence electrons. The molecule has 0 fully saturated rings. The van der Waals surface area contributed by atoms with Crippen LogP contribution in [0.1, 0.15) is 43.3 Å². The summed E-state index contributed by atoms with van der Waals surface area (Å²) in [6, 6.07) is 7.55. The lowest BCUT2D eigenvalue weighted by molar-refractivity contribution is -0.115. The molecule has 2 heterocycles. The molecular formula is C18H19ClN4OS2. The summed E-state index contributed by atoms with van der Waals surface area (Å²) in [7, 11) is 0. The summed E-state index contributed by atoms with van der Waals surface area (Å²) >= 11 is 9.13. The Balaban J connectivity index is 1.63. The van der Waals surface area contributed by atoms with Crippen molar-refractivity contribution in [2.45, 2.75) is 39.0 Å². The monoisotopic (exact) mass is 406 g/mol. The molecular weight excluding hydrogens is 388 g/mol. The molecule has 5 nitrogen and oxygen atoms in total. The van der Waals surface area contributed by atoms with Gasteiger partial charge in [-0.05, 0) is 18.9 Å². The van der Waals surface area contributed by atoms with Crippen molar-refractivity contribution >= 4 is 45.3 Å². The van der Waals surface area contributed by atoms with Crippen LogP contribution in [0.2, 0.25) is 5.02 Å². The van der Waals surface area contributed by atoms with Crippen molar-refractivity contribution < 1.29 is 4.79 Å². The number of halogens is 1. The Hall–Kier alpha value is -1.83. The number of carbonyl (C=O) groups is 1. The van der Waals surface area contributed by atoms with E-state index in [1.807, 2.05) is 29.6 Å². The molecule has 0 spiro atoms. The maximum absolute atomic E-state index is 12.3. The van der Waals surface area contributed by atoms with Crippen molar-refractivity contribution in [3.63, 3.8) is 0 Å². The summed E-state index contributed by atoms with van der Waals surface area (Å²) in [4.78, 5) is 16.8. The van der Waals surface area contributed by atoms with Gasteiger partial charge in [-0.25, -0.2) is 4.98 Å². The summed E-state index contributed by atoms with van der Waals surface area (Å²) in [6.45, 7) is 4.26. The van der Waals surface area contributed by atoms with Crippen LogP contribution >= 0.6 is 34.3 Å². The fourth-order valence-electron chi connectivity index (χ4n) is 2.56. The van der Waals surface area contributed by atoms with Gasteiger partial charge in [0.25, 0.3) is 0 Å². The molecule has 0 unspecified atom stereocenters. The number of thiazole rings is 1. The second-order valence-corrected chi connectivity index (χ2v) is 8.08. The second-order valence-electron chi connectivity index (χ2n) is 5.81. The Morgan fingerprint density at radius 2 is 2.00 bits per heavy atom. The molecule has 0 saturated carbocycles. The van der Waals surface area contributed by atoms with Crippen molar-refractivity contribution in [1.29, 1.82) is 0 Å². The molecule has 0 aliphatic heterocycles. The molecule has 1 aromatic carbocycles. The minimum atomic E-state index is -0.145. The molecule has 26 heavy (non-hydrogen) atoms. The average molecular weight is 407 g/mol. The first-order valence-corrected chi connectivity index (χ1v) is 10.5. The van der Waals surface area contributed by atoms with Gasteiger partial charge < -0.3 is 5.32 Å². The van der Waals surface area contributed by atoms with Crippen LogP contribution in [0.4, 0.5) is 5.13 Å². The van der Waals surface area contributed by atoms with Crippen molar-refractivity contribution in [3.8, 4) is 10.6 Å². The first-order chi connectivity index (χ1) is 12.6. The van der Waals surface area contributed by atoms with Crippen LogP contribution in [-0.4, -0.2) is 21.1 Å². The Bertz CT molecular complexity index is 889. The van der Waals surface area contributed by atoms with Gasteiger partial charge in [0.15, 0.2) is 0 Å². The Morgan fingerprint density at radius 1 is 1.23 bits per heavy atom. The second kappa shape index (κ2) is 8.70. The van der Waals surface area contributed by atoms with E-state index < -0.39 is 0 Å². The van der Waals surface area contributed by atoms with Gasteiger partial charge in [-0.3, -0.25) is 4.79 Å². The highest BCUT2D eigenvalue weighted by atomic mass is 35.5. The lowest BCUT2D eigenvalue weighted by Gasteiger charge is -2.05. The average Bonchev–Trinajstić information content (AvgIpc) is 3.26. The highest BCUT2D eigenvalue weighted by Crippen LogP contribution is 2.30. The summed E-state index contributed by atoms with van der Waals surface area (Å²) < 4.78 is 0. The summed E-state index contributed by atoms with van der Waals surface area (Å²) in [5.74, 6) is 0.253. The fourth-order valence-corrected chi connectivity index (χ4v) is 4.73. The SMILES string of the molecule is CCC(CC)c1nnc(NC(=O)Cc2csc(-c3ccccc3Cl)n2)s1. The van der Waals surface area contributed by atoms with Gasteiger partial charge in [-0.15, -0.1) is 21.5 Å². The molecule has 0 atom stereocenters. The number of hydrogen-bond acceptors (Lipinski definition) is 6. The molecule has 0 aliphatic rings. The number of amides is 1. The maximum atomic E-state index is 12.3. The van der Waals surface area contributed by atoms with Gasteiger partial charge in [0.05, 0.1) is 17.1 Å². The number of benzene rings is 1. The van der Waals surface area contributed by atoms with Crippen molar-refractivity contribution in [2.24, 2.45) is 0 Å². The zero-order valence-electron chi connectivity index (χ0n) is 14.5. The van der Waals surface area contributed by atoms with E-state index >= 15 is 0 Å². The Labute approximate surface area is 165 Å². The van der Waals surface area contributed by atoms with E-state index in [9.17, 15) is 4.79 Å². The number of anilines is 1. The summed E-state index contributed by atoms with van der Waals surface area (Å²) in [5, 5.41) is 16.0. The van der Waals surface area contributed by atoms with Gasteiger partial charge in [0, 0.05) is 16.9 Å². The van der Waals surface area contributed by atoms with Crippen LogP contribution in [0.15, 0.2) is 29.6 Å². The molecule has 2 aromatic heterocycles. The van der Waals surface area contributed by atoms with Crippen LogP contribution in [0.3, 0.4) is 0 Å². The molecule has 1 N–H and O–H groups in total. The first kappa shape index (κ1) is 18.9. The number of carbonyl (C=O) groups excluding carboxylic acids is 1. The third-order valence-electron chi connectivity index (χ3n) is 4.02. The van der Waals surface area contributed by atoms with E-state index in [1.165, 1.54) is 22.7 Å². The van der Waals surface area contributed by atoms with Gasteiger partial charge in [0.1, 0.15) is 10.0 Å². The van der Waals surface area contributed by atoms with Crippen molar-refractivity contribution in [2.75, 3.05) is 5.32 Å². The van der Waals surface area contributed by atoms with Crippen LogP contribution in [0.5, 0.6) is 0 Å². The molecule has 0 radical (unpaired) electrons. The minimum absolute atomic E-state index is 0.145. The Morgan fingerprint density at radius 3 is 2.73 bits per heavy atom. The van der Waals surface area contributed by atoms with Crippen molar-refractivity contribution in [3.05, 3.63) is 45.4 Å². The molecule has 0 saturated heterocycles. The summed E-state index contributed by atoms with van der Waals surface area (Å²) in [6.07, 6.45) is 2.23. The van der Waals surface area contributed by atoms with Gasteiger partial charge in [-0.2, -0.15) is 0 Å². The zero-order chi connectivity index (χ0) is 18.5. The molecule has 0 bridgehead atoms. The smallest absolute Gasteiger partial charge is 0.232 e. The number of nitrogens with zero attached hydrogens (tertiary/aromatic N) is 3. The molecule has 8 heteroatoms. The number of nitrogens with one attached hydrogen (secondary N) is 1. The molecule has 3 rings (SSSR count). The van der Waals surface area contributed by atoms with Crippen molar-refractivity contribution in [1.82, 2.24) is 15.2 Å². The third kappa shape index (κ3) is 4.47. The highest BCUT2D eigenvalue weighted by Gasteiger charge is 2.16. The lowest BCUT2D eigenvalue weighted by Crippen LogP contribution is -2.14. The normalized spacial score (nSPS) is 11.1.